The fourth-order valence-electron chi connectivity index (χ4n) is 0.978. The predicted molar refractivity (Wildman–Crippen MR) is 52.7 cm³/mol. The second kappa shape index (κ2) is 6.29. The van der Waals surface area contributed by atoms with Crippen LogP contribution in [0.3, 0.4) is 0 Å². The molecular weight excluding hydrogens is 180 g/mol. The van der Waals surface area contributed by atoms with Crippen molar-refractivity contribution >= 4 is 5.78 Å². The van der Waals surface area contributed by atoms with E-state index in [1.54, 1.807) is 0 Å². The van der Waals surface area contributed by atoms with Crippen molar-refractivity contribution in [3.05, 3.63) is 35.9 Å². The van der Waals surface area contributed by atoms with Gasteiger partial charge in [-0.15, -0.1) is 0 Å². The summed E-state index contributed by atoms with van der Waals surface area (Å²) in [4.78, 5) is 10.5. The Kier molecular flexibility index (Phi) is 4.89. The summed E-state index contributed by atoms with van der Waals surface area (Å²) in [6.07, 6.45) is 0. The molecule has 3 nitrogen and oxygen atoms in total. The van der Waals surface area contributed by atoms with Crippen molar-refractivity contribution in [3.63, 3.8) is 0 Å². The average Bonchev–Trinajstić information content (AvgIpc) is 2.18. The molecule has 0 heterocycles. The van der Waals surface area contributed by atoms with Gasteiger partial charge in [0.05, 0.1) is 6.61 Å². The topological polar surface area (TPSA) is 35.5 Å². The fraction of sp³-hybridized carbons (Fsp3) is 0.364. The lowest BCUT2D eigenvalue weighted by atomic mass is 10.2. The van der Waals surface area contributed by atoms with E-state index in [9.17, 15) is 4.79 Å². The van der Waals surface area contributed by atoms with Gasteiger partial charge in [0, 0.05) is 0 Å². The summed E-state index contributed by atoms with van der Waals surface area (Å²) in [5.41, 5.74) is 1.10. The van der Waals surface area contributed by atoms with Crippen LogP contribution in [0, 0.1) is 0 Å². The van der Waals surface area contributed by atoms with Gasteiger partial charge in [0.1, 0.15) is 13.4 Å². The van der Waals surface area contributed by atoms with Gasteiger partial charge >= 0.3 is 0 Å². The Morgan fingerprint density at radius 1 is 1.21 bits per heavy atom. The first-order valence-corrected chi connectivity index (χ1v) is 4.48. The molecule has 0 fully saturated rings. The number of Topliss-reactive ketones (excluding diaryl/α,β-unsaturated/α-hetero) is 1. The Morgan fingerprint density at radius 3 is 2.57 bits per heavy atom. The van der Waals surface area contributed by atoms with Crippen molar-refractivity contribution in [1.29, 1.82) is 0 Å². The van der Waals surface area contributed by atoms with Crippen LogP contribution in [0.1, 0.15) is 12.5 Å². The standard InChI is InChI=1S/C11H14O3/c1-10(12)7-13-9-14-8-11-5-3-2-4-6-11/h2-6H,7-9H2,1H3. The van der Waals surface area contributed by atoms with E-state index in [1.807, 2.05) is 30.3 Å². The van der Waals surface area contributed by atoms with Crippen molar-refractivity contribution in [1.82, 2.24) is 0 Å². The number of hydrogen-bond donors (Lipinski definition) is 0. The lowest BCUT2D eigenvalue weighted by molar-refractivity contribution is -0.128. The van der Waals surface area contributed by atoms with Gasteiger partial charge in [-0.2, -0.15) is 0 Å². The molecule has 0 atom stereocenters. The monoisotopic (exact) mass is 194 g/mol. The smallest absolute Gasteiger partial charge is 0.155 e. The van der Waals surface area contributed by atoms with E-state index in [0.29, 0.717) is 6.61 Å². The molecule has 0 unspecified atom stereocenters. The van der Waals surface area contributed by atoms with Crippen molar-refractivity contribution in [2.75, 3.05) is 13.4 Å². The molecule has 1 aromatic rings. The molecule has 1 aromatic carbocycles. The van der Waals surface area contributed by atoms with E-state index in [2.05, 4.69) is 0 Å². The molecule has 0 spiro atoms. The van der Waals surface area contributed by atoms with E-state index in [0.717, 1.165) is 5.56 Å². The zero-order valence-corrected chi connectivity index (χ0v) is 8.23. The van der Waals surface area contributed by atoms with Gasteiger partial charge in [-0.05, 0) is 12.5 Å². The number of benzene rings is 1. The highest BCUT2D eigenvalue weighted by Gasteiger charge is 1.93. The third-order valence-corrected chi connectivity index (χ3v) is 1.58. The fourth-order valence-corrected chi connectivity index (χ4v) is 0.978. The molecule has 0 aliphatic rings. The molecular formula is C11H14O3. The molecule has 0 saturated carbocycles. The Bertz CT molecular complexity index is 269. The number of ether oxygens (including phenoxy) is 2. The van der Waals surface area contributed by atoms with Crippen molar-refractivity contribution in [2.24, 2.45) is 0 Å². The average molecular weight is 194 g/mol. The minimum absolute atomic E-state index is 0.00770. The molecule has 0 saturated heterocycles. The minimum atomic E-state index is 0.00770. The molecule has 0 radical (unpaired) electrons. The Hall–Kier alpha value is -1.19. The molecule has 1 rings (SSSR count). The third kappa shape index (κ3) is 4.74. The van der Waals surface area contributed by atoms with E-state index in [4.69, 9.17) is 9.47 Å². The Labute approximate surface area is 83.6 Å². The molecule has 0 aromatic heterocycles. The highest BCUT2D eigenvalue weighted by atomic mass is 16.7. The maximum absolute atomic E-state index is 10.5. The van der Waals surface area contributed by atoms with Crippen LogP contribution >= 0.6 is 0 Å². The first kappa shape index (κ1) is 10.9. The zero-order chi connectivity index (χ0) is 10.2. The largest absolute Gasteiger partial charge is 0.351 e. The van der Waals surface area contributed by atoms with E-state index in [-0.39, 0.29) is 19.2 Å². The summed E-state index contributed by atoms with van der Waals surface area (Å²) >= 11 is 0. The van der Waals surface area contributed by atoms with Crippen LogP contribution in [0.5, 0.6) is 0 Å². The molecule has 0 bridgehead atoms. The number of hydrogen-bond acceptors (Lipinski definition) is 3. The zero-order valence-electron chi connectivity index (χ0n) is 8.23. The number of carbonyl (C=O) groups is 1. The first-order valence-electron chi connectivity index (χ1n) is 4.48. The summed E-state index contributed by atoms with van der Waals surface area (Å²) in [5, 5.41) is 0. The van der Waals surface area contributed by atoms with Crippen LogP contribution < -0.4 is 0 Å². The van der Waals surface area contributed by atoms with Crippen LogP contribution in [0.4, 0.5) is 0 Å². The number of ketones is 1. The van der Waals surface area contributed by atoms with Gasteiger partial charge in [0.2, 0.25) is 0 Å². The number of carbonyl (C=O) groups excluding carboxylic acids is 1. The van der Waals surface area contributed by atoms with Gasteiger partial charge in [-0.3, -0.25) is 4.79 Å². The van der Waals surface area contributed by atoms with Crippen LogP contribution in [-0.2, 0) is 20.9 Å². The number of rotatable bonds is 6. The Balaban J connectivity index is 2.08. The third-order valence-electron chi connectivity index (χ3n) is 1.58. The van der Waals surface area contributed by atoms with E-state index in [1.165, 1.54) is 6.92 Å². The normalized spacial score (nSPS) is 10.1. The van der Waals surface area contributed by atoms with Gasteiger partial charge in [0.25, 0.3) is 0 Å². The molecule has 76 valence electrons. The predicted octanol–water partition coefficient (Wildman–Crippen LogP) is 1.77. The summed E-state index contributed by atoms with van der Waals surface area (Å²) in [6, 6.07) is 9.82. The van der Waals surface area contributed by atoms with E-state index >= 15 is 0 Å². The summed E-state index contributed by atoms with van der Waals surface area (Å²) in [6.45, 7) is 2.28. The first-order chi connectivity index (χ1) is 6.79. The SMILES string of the molecule is CC(=O)COCOCc1ccccc1. The molecule has 0 aliphatic heterocycles. The Morgan fingerprint density at radius 2 is 1.93 bits per heavy atom. The highest BCUT2D eigenvalue weighted by Crippen LogP contribution is 1.99. The van der Waals surface area contributed by atoms with E-state index < -0.39 is 0 Å². The highest BCUT2D eigenvalue weighted by molar-refractivity contribution is 5.76. The van der Waals surface area contributed by atoms with Crippen molar-refractivity contribution in [2.45, 2.75) is 13.5 Å². The van der Waals surface area contributed by atoms with Gasteiger partial charge < -0.3 is 9.47 Å². The summed E-state index contributed by atoms with van der Waals surface area (Å²) in [5.74, 6) is 0.00770. The summed E-state index contributed by atoms with van der Waals surface area (Å²) in [7, 11) is 0. The second-order valence-electron chi connectivity index (χ2n) is 3.00. The maximum Gasteiger partial charge on any atom is 0.155 e. The lowest BCUT2D eigenvalue weighted by Crippen LogP contribution is -2.07. The maximum atomic E-state index is 10.5. The second-order valence-corrected chi connectivity index (χ2v) is 3.00. The minimum Gasteiger partial charge on any atom is -0.351 e. The van der Waals surface area contributed by atoms with Gasteiger partial charge in [-0.1, -0.05) is 30.3 Å². The van der Waals surface area contributed by atoms with Crippen LogP contribution in [-0.4, -0.2) is 19.2 Å². The van der Waals surface area contributed by atoms with Crippen molar-refractivity contribution < 1.29 is 14.3 Å². The lowest BCUT2D eigenvalue weighted by Gasteiger charge is -2.03. The molecule has 14 heavy (non-hydrogen) atoms. The van der Waals surface area contributed by atoms with Crippen molar-refractivity contribution in [3.8, 4) is 0 Å². The quantitative estimate of drug-likeness (QED) is 0.511. The van der Waals surface area contributed by atoms with Crippen LogP contribution in [0.25, 0.3) is 0 Å². The molecule has 0 N–H and O–H groups in total. The van der Waals surface area contributed by atoms with Crippen LogP contribution in [0.15, 0.2) is 30.3 Å². The summed E-state index contributed by atoms with van der Waals surface area (Å²) < 4.78 is 10.1. The molecule has 0 aliphatic carbocycles. The van der Waals surface area contributed by atoms with Gasteiger partial charge in [-0.25, -0.2) is 0 Å². The van der Waals surface area contributed by atoms with Crippen LogP contribution in [0.2, 0.25) is 0 Å². The molecule has 3 heteroatoms. The van der Waals surface area contributed by atoms with Gasteiger partial charge in [0.15, 0.2) is 5.78 Å². The molecule has 0 amide bonds.